The van der Waals surface area contributed by atoms with Crippen LogP contribution in [-0.4, -0.2) is 35.0 Å². The van der Waals surface area contributed by atoms with Gasteiger partial charge in [0, 0.05) is 31.0 Å². The highest BCUT2D eigenvalue weighted by molar-refractivity contribution is 6.00. The molecule has 1 aliphatic carbocycles. The number of halogens is 2. The van der Waals surface area contributed by atoms with Gasteiger partial charge in [0.05, 0.1) is 6.04 Å². The van der Waals surface area contributed by atoms with Crippen LogP contribution in [0.1, 0.15) is 39.6 Å². The van der Waals surface area contributed by atoms with Crippen molar-refractivity contribution < 1.29 is 28.2 Å². The van der Waals surface area contributed by atoms with Crippen molar-refractivity contribution in [2.75, 3.05) is 6.61 Å². The van der Waals surface area contributed by atoms with E-state index in [0.717, 1.165) is 22.3 Å². The highest BCUT2D eigenvalue weighted by Gasteiger charge is 2.43. The third-order valence-electron chi connectivity index (χ3n) is 5.61. The van der Waals surface area contributed by atoms with E-state index >= 15 is 0 Å². The van der Waals surface area contributed by atoms with Crippen LogP contribution in [0.5, 0.6) is 5.75 Å². The van der Waals surface area contributed by atoms with E-state index in [1.54, 1.807) is 12.1 Å². The van der Waals surface area contributed by atoms with E-state index in [-0.39, 0.29) is 23.5 Å². The first-order valence-electron chi connectivity index (χ1n) is 8.86. The second-order valence-electron chi connectivity index (χ2n) is 7.06. The maximum Gasteiger partial charge on any atom is 0.387 e. The van der Waals surface area contributed by atoms with Crippen molar-refractivity contribution in [2.24, 2.45) is 0 Å². The second kappa shape index (κ2) is 6.00. The quantitative estimate of drug-likeness (QED) is 0.876. The molecule has 1 fully saturated rings. The average molecular weight is 387 g/mol. The highest BCUT2D eigenvalue weighted by Crippen LogP contribution is 2.50. The normalized spacial score (nSPS) is 22.0. The van der Waals surface area contributed by atoms with Crippen LogP contribution in [0.15, 0.2) is 35.3 Å². The van der Waals surface area contributed by atoms with Gasteiger partial charge in [0.15, 0.2) is 5.43 Å². The number of allylic oxidation sites excluding steroid dienone is 1. The van der Waals surface area contributed by atoms with Crippen LogP contribution in [0.3, 0.4) is 0 Å². The Balaban J connectivity index is 1.67. The van der Waals surface area contributed by atoms with Gasteiger partial charge in [-0.15, -0.1) is 0 Å². The number of ether oxygens (including phenoxy) is 2. The molecular weight excluding hydrogens is 372 g/mol. The Morgan fingerprint density at radius 3 is 2.89 bits per heavy atom. The number of alkyl halides is 2. The number of aromatic carboxylic acids is 1. The Bertz CT molecular complexity index is 1100. The molecule has 0 unspecified atom stereocenters. The van der Waals surface area contributed by atoms with E-state index in [0.29, 0.717) is 25.1 Å². The van der Waals surface area contributed by atoms with Crippen LogP contribution in [0.2, 0.25) is 0 Å². The fraction of sp³-hybridized carbons (Fsp3) is 0.300. The topological polar surface area (TPSA) is 77.8 Å². The van der Waals surface area contributed by atoms with Crippen molar-refractivity contribution in [2.45, 2.75) is 31.6 Å². The molecule has 1 aromatic heterocycles. The first kappa shape index (κ1) is 17.1. The summed E-state index contributed by atoms with van der Waals surface area (Å²) in [6.45, 7) is -2.39. The van der Waals surface area contributed by atoms with Crippen molar-refractivity contribution in [3.8, 4) is 5.75 Å². The Labute approximate surface area is 157 Å². The smallest absolute Gasteiger partial charge is 0.387 e. The summed E-state index contributed by atoms with van der Waals surface area (Å²) in [4.78, 5) is 23.7. The lowest BCUT2D eigenvalue weighted by Crippen LogP contribution is -2.31. The predicted molar refractivity (Wildman–Crippen MR) is 94.6 cm³/mol. The zero-order valence-electron chi connectivity index (χ0n) is 14.5. The van der Waals surface area contributed by atoms with Crippen LogP contribution in [0.4, 0.5) is 8.78 Å². The number of benzene rings is 1. The molecule has 0 bridgehead atoms. The van der Waals surface area contributed by atoms with Crippen LogP contribution < -0.4 is 10.2 Å². The van der Waals surface area contributed by atoms with Gasteiger partial charge in [0.2, 0.25) is 0 Å². The number of carbonyl (C=O) groups is 1. The lowest BCUT2D eigenvalue weighted by Gasteiger charge is -2.32. The number of hydrogen-bond donors (Lipinski definition) is 1. The van der Waals surface area contributed by atoms with Crippen LogP contribution in [-0.2, 0) is 11.2 Å². The van der Waals surface area contributed by atoms with Gasteiger partial charge >= 0.3 is 12.6 Å². The molecular formula is C20H15F2NO5. The molecule has 0 spiro atoms. The number of carboxylic acid groups (broad SMARTS) is 1. The van der Waals surface area contributed by atoms with Crippen LogP contribution >= 0.6 is 0 Å². The largest absolute Gasteiger partial charge is 0.477 e. The zero-order valence-corrected chi connectivity index (χ0v) is 14.5. The van der Waals surface area contributed by atoms with E-state index in [1.807, 2.05) is 4.57 Å². The molecule has 0 amide bonds. The summed E-state index contributed by atoms with van der Waals surface area (Å²) in [6, 6.07) is 6.07. The number of fused-ring (bicyclic) bond motifs is 7. The van der Waals surface area contributed by atoms with Gasteiger partial charge < -0.3 is 19.1 Å². The van der Waals surface area contributed by atoms with Crippen molar-refractivity contribution in [1.82, 2.24) is 4.57 Å². The standard InChI is InChI=1S/C20H15F2NO5/c21-20(22)28-10-1-2-11-9(5-10)6-12-15-7-16(24)13(19(25)26)8-23(15)14-3-4-27-18(14)17(11)12/h1-2,5,7-8,14,18,20H,3-4,6H2,(H,25,26)/t14-,18+/m1/s1. The van der Waals surface area contributed by atoms with E-state index in [2.05, 4.69) is 4.74 Å². The number of rotatable bonds is 3. The highest BCUT2D eigenvalue weighted by atomic mass is 19.3. The van der Waals surface area contributed by atoms with Gasteiger partial charge in [-0.1, -0.05) is 6.07 Å². The second-order valence-corrected chi connectivity index (χ2v) is 7.06. The summed E-state index contributed by atoms with van der Waals surface area (Å²) in [5.41, 5.74) is 3.35. The molecule has 0 radical (unpaired) electrons. The fourth-order valence-electron chi connectivity index (χ4n) is 4.52. The molecule has 28 heavy (non-hydrogen) atoms. The predicted octanol–water partition coefficient (Wildman–Crippen LogP) is 2.96. The molecule has 144 valence electrons. The summed E-state index contributed by atoms with van der Waals surface area (Å²) < 4.78 is 37.4. The van der Waals surface area contributed by atoms with Crippen molar-refractivity contribution in [3.05, 3.63) is 63.1 Å². The molecule has 2 aliphatic heterocycles. The molecule has 8 heteroatoms. The SMILES string of the molecule is O=C(O)c1cn2c(cc1=O)C1=C(c3ccc(OC(F)F)cc3C1)[C@H]1OCC[C@H]12. The molecule has 6 nitrogen and oxygen atoms in total. The van der Waals surface area contributed by atoms with Gasteiger partial charge in [0.25, 0.3) is 0 Å². The molecule has 0 saturated carbocycles. The Hall–Kier alpha value is -3.00. The summed E-state index contributed by atoms with van der Waals surface area (Å²) in [7, 11) is 0. The summed E-state index contributed by atoms with van der Waals surface area (Å²) in [6.07, 6.45) is 2.25. The minimum Gasteiger partial charge on any atom is -0.477 e. The van der Waals surface area contributed by atoms with Gasteiger partial charge in [-0.25, -0.2) is 4.79 Å². The summed E-state index contributed by atoms with van der Waals surface area (Å²) in [5.74, 6) is -1.19. The van der Waals surface area contributed by atoms with Gasteiger partial charge in [-0.3, -0.25) is 4.79 Å². The first-order valence-corrected chi connectivity index (χ1v) is 8.86. The zero-order chi connectivity index (χ0) is 19.6. The number of pyridine rings is 1. The van der Waals surface area contributed by atoms with Crippen molar-refractivity contribution in [3.63, 3.8) is 0 Å². The minimum absolute atomic E-state index is 0.0797. The van der Waals surface area contributed by atoms with Crippen LogP contribution in [0.25, 0.3) is 11.1 Å². The van der Waals surface area contributed by atoms with Crippen molar-refractivity contribution >= 4 is 17.1 Å². The molecule has 1 N–H and O–H groups in total. The van der Waals surface area contributed by atoms with E-state index < -0.39 is 18.0 Å². The van der Waals surface area contributed by atoms with Crippen LogP contribution in [0, 0.1) is 0 Å². The molecule has 3 aliphatic rings. The third-order valence-corrected chi connectivity index (χ3v) is 5.61. The lowest BCUT2D eigenvalue weighted by atomic mass is 9.89. The molecule has 1 aromatic carbocycles. The average Bonchev–Trinajstić information content (AvgIpc) is 3.24. The molecule has 2 atom stereocenters. The molecule has 3 heterocycles. The Kier molecular flexibility index (Phi) is 3.67. The molecule has 1 saturated heterocycles. The third kappa shape index (κ3) is 2.41. The van der Waals surface area contributed by atoms with Gasteiger partial charge in [0.1, 0.15) is 17.4 Å². The minimum atomic E-state index is -2.90. The maximum absolute atomic E-state index is 12.6. The Morgan fingerprint density at radius 2 is 2.14 bits per heavy atom. The number of nitrogens with zero attached hydrogens (tertiary/aromatic N) is 1. The maximum atomic E-state index is 12.6. The Morgan fingerprint density at radius 1 is 1.32 bits per heavy atom. The lowest BCUT2D eigenvalue weighted by molar-refractivity contribution is -0.0498. The monoisotopic (exact) mass is 387 g/mol. The fourth-order valence-corrected chi connectivity index (χ4v) is 4.52. The van der Waals surface area contributed by atoms with E-state index in [9.17, 15) is 23.5 Å². The molecule has 5 rings (SSSR count). The number of carboxylic acids is 1. The number of hydrogen-bond acceptors (Lipinski definition) is 4. The van der Waals surface area contributed by atoms with E-state index in [4.69, 9.17) is 4.74 Å². The van der Waals surface area contributed by atoms with Crippen molar-refractivity contribution in [1.29, 1.82) is 0 Å². The first-order chi connectivity index (χ1) is 13.4. The van der Waals surface area contributed by atoms with E-state index in [1.165, 1.54) is 18.3 Å². The summed E-state index contributed by atoms with van der Waals surface area (Å²) >= 11 is 0. The molecule has 2 aromatic rings. The number of aromatic nitrogens is 1. The van der Waals surface area contributed by atoms with Gasteiger partial charge in [-0.2, -0.15) is 8.78 Å². The van der Waals surface area contributed by atoms with Gasteiger partial charge in [-0.05, 0) is 40.8 Å². The summed E-state index contributed by atoms with van der Waals surface area (Å²) in [5, 5.41) is 9.31.